The van der Waals surface area contributed by atoms with E-state index in [1.165, 1.54) is 0 Å². The average molecular weight is 467 g/mol. The van der Waals surface area contributed by atoms with Gasteiger partial charge < -0.3 is 20.0 Å². The van der Waals surface area contributed by atoms with Gasteiger partial charge >= 0.3 is 0 Å². The van der Waals surface area contributed by atoms with Crippen LogP contribution in [0.25, 0.3) is 11.2 Å². The number of rotatable bonds is 5. The van der Waals surface area contributed by atoms with Crippen molar-refractivity contribution in [3.63, 3.8) is 0 Å². The molecule has 1 N–H and O–H groups in total. The molecule has 3 aromatic rings. The summed E-state index contributed by atoms with van der Waals surface area (Å²) in [5, 5.41) is 3.60. The van der Waals surface area contributed by atoms with Crippen LogP contribution in [-0.4, -0.2) is 70.0 Å². The minimum atomic E-state index is 0.0986. The van der Waals surface area contributed by atoms with E-state index >= 15 is 0 Å². The van der Waals surface area contributed by atoms with Crippen LogP contribution in [0.15, 0.2) is 30.3 Å². The molecule has 0 saturated carbocycles. The minimum absolute atomic E-state index is 0.0986. The molecule has 9 nitrogen and oxygen atoms in total. The van der Waals surface area contributed by atoms with Crippen molar-refractivity contribution in [3.8, 4) is 0 Å². The van der Waals surface area contributed by atoms with Crippen molar-refractivity contribution in [1.82, 2.24) is 24.8 Å². The molecule has 0 unspecified atom stereocenters. The molecule has 0 atom stereocenters. The van der Waals surface area contributed by atoms with E-state index in [4.69, 9.17) is 26.6 Å². The van der Waals surface area contributed by atoms with Gasteiger partial charge in [0, 0.05) is 52.7 Å². The Labute approximate surface area is 197 Å². The van der Waals surface area contributed by atoms with Crippen LogP contribution in [0.4, 0.5) is 17.6 Å². The Kier molecular flexibility index (Phi) is 6.13. The number of hydrogen-bond acceptors (Lipinski definition) is 8. The molecule has 172 valence electrons. The summed E-state index contributed by atoms with van der Waals surface area (Å²) < 4.78 is 0. The third kappa shape index (κ3) is 4.64. The van der Waals surface area contributed by atoms with Gasteiger partial charge in [0.2, 0.25) is 11.9 Å². The number of piperazine rings is 1. The van der Waals surface area contributed by atoms with E-state index in [0.717, 1.165) is 37.3 Å². The van der Waals surface area contributed by atoms with Gasteiger partial charge in [-0.25, -0.2) is 9.97 Å². The van der Waals surface area contributed by atoms with E-state index in [1.54, 1.807) is 6.92 Å². The molecule has 2 saturated heterocycles. The number of nitrogens with one attached hydrogen (secondary N) is 1. The standard InChI is InChI=1S/C23H27ClN8O/c1-16(33)30-11-13-32(14-12-30)23-28-20-18(22(29-23)31-9-5-6-10-31)26-19(24)21(27-20)25-15-17-7-3-2-4-8-17/h2-4,7-8H,5-6,9-15H2,1H3,(H,25,27,28,29). The summed E-state index contributed by atoms with van der Waals surface area (Å²) in [6.45, 7) is 6.74. The molecular formula is C23H27ClN8O. The maximum Gasteiger partial charge on any atom is 0.229 e. The monoisotopic (exact) mass is 466 g/mol. The van der Waals surface area contributed by atoms with Gasteiger partial charge in [0.25, 0.3) is 0 Å². The van der Waals surface area contributed by atoms with E-state index in [-0.39, 0.29) is 5.91 Å². The molecule has 1 aromatic carbocycles. The van der Waals surface area contributed by atoms with Gasteiger partial charge in [-0.15, -0.1) is 0 Å². The average Bonchev–Trinajstić information content (AvgIpc) is 3.38. The molecule has 1 amide bonds. The maximum atomic E-state index is 11.7. The predicted molar refractivity (Wildman–Crippen MR) is 130 cm³/mol. The lowest BCUT2D eigenvalue weighted by atomic mass is 10.2. The van der Waals surface area contributed by atoms with Crippen LogP contribution in [0.2, 0.25) is 5.15 Å². The van der Waals surface area contributed by atoms with Crippen LogP contribution in [0.1, 0.15) is 25.3 Å². The quantitative estimate of drug-likeness (QED) is 0.613. The Morgan fingerprint density at radius 1 is 0.939 bits per heavy atom. The Hall–Kier alpha value is -3.20. The Morgan fingerprint density at radius 3 is 2.36 bits per heavy atom. The predicted octanol–water partition coefficient (Wildman–Crippen LogP) is 2.95. The van der Waals surface area contributed by atoms with Gasteiger partial charge in [-0.1, -0.05) is 41.9 Å². The molecule has 4 heterocycles. The summed E-state index contributed by atoms with van der Waals surface area (Å²) in [7, 11) is 0. The highest BCUT2D eigenvalue weighted by Crippen LogP contribution is 2.30. The molecule has 0 spiro atoms. The number of fused-ring (bicyclic) bond motifs is 1. The van der Waals surface area contributed by atoms with Gasteiger partial charge in [-0.05, 0) is 18.4 Å². The summed E-state index contributed by atoms with van der Waals surface area (Å²) in [6.07, 6.45) is 2.24. The van der Waals surface area contributed by atoms with Crippen LogP contribution in [0.3, 0.4) is 0 Å². The topological polar surface area (TPSA) is 90.4 Å². The zero-order chi connectivity index (χ0) is 22.8. The number of anilines is 3. The number of carbonyl (C=O) groups is 1. The maximum absolute atomic E-state index is 11.7. The Balaban J connectivity index is 1.48. The fraction of sp³-hybridized carbons (Fsp3) is 0.435. The largest absolute Gasteiger partial charge is 0.363 e. The minimum Gasteiger partial charge on any atom is -0.363 e. The zero-order valence-corrected chi connectivity index (χ0v) is 19.4. The highest BCUT2D eigenvalue weighted by Gasteiger charge is 2.25. The smallest absolute Gasteiger partial charge is 0.229 e. The highest BCUT2D eigenvalue weighted by molar-refractivity contribution is 6.32. The Morgan fingerprint density at radius 2 is 1.67 bits per heavy atom. The van der Waals surface area contributed by atoms with E-state index in [1.807, 2.05) is 35.2 Å². The van der Waals surface area contributed by atoms with Crippen LogP contribution < -0.4 is 15.1 Å². The molecule has 0 aliphatic carbocycles. The first kappa shape index (κ1) is 21.6. The van der Waals surface area contributed by atoms with Crippen molar-refractivity contribution in [2.24, 2.45) is 0 Å². The summed E-state index contributed by atoms with van der Waals surface area (Å²) in [4.78, 5) is 37.0. The van der Waals surface area contributed by atoms with Crippen LogP contribution in [0.5, 0.6) is 0 Å². The fourth-order valence-corrected chi connectivity index (χ4v) is 4.50. The van der Waals surface area contributed by atoms with Gasteiger partial charge in [0.1, 0.15) is 0 Å². The number of aromatic nitrogens is 4. The van der Waals surface area contributed by atoms with Gasteiger partial charge in [-0.3, -0.25) is 4.79 Å². The van der Waals surface area contributed by atoms with Crippen LogP contribution in [-0.2, 0) is 11.3 Å². The number of amides is 1. The van der Waals surface area contributed by atoms with E-state index in [2.05, 4.69) is 20.1 Å². The lowest BCUT2D eigenvalue weighted by molar-refractivity contribution is -0.129. The summed E-state index contributed by atoms with van der Waals surface area (Å²) >= 11 is 6.52. The third-order valence-electron chi connectivity index (χ3n) is 6.17. The number of halogens is 1. The normalized spacial score (nSPS) is 16.5. The molecule has 2 fully saturated rings. The van der Waals surface area contributed by atoms with Crippen LogP contribution in [0, 0.1) is 0 Å². The highest BCUT2D eigenvalue weighted by atomic mass is 35.5. The molecule has 2 aliphatic rings. The third-order valence-corrected chi connectivity index (χ3v) is 6.44. The second-order valence-corrected chi connectivity index (χ2v) is 8.77. The molecule has 5 rings (SSSR count). The number of hydrogen-bond donors (Lipinski definition) is 1. The first-order valence-corrected chi connectivity index (χ1v) is 11.7. The number of nitrogens with zero attached hydrogens (tertiary/aromatic N) is 7. The Bertz CT molecular complexity index is 1140. The molecular weight excluding hydrogens is 440 g/mol. The lowest BCUT2D eigenvalue weighted by Gasteiger charge is -2.34. The summed E-state index contributed by atoms with van der Waals surface area (Å²) in [5.74, 6) is 2.01. The molecule has 2 aromatic heterocycles. The first-order chi connectivity index (χ1) is 16.1. The lowest BCUT2D eigenvalue weighted by Crippen LogP contribution is -2.48. The fourth-order valence-electron chi connectivity index (χ4n) is 4.31. The summed E-state index contributed by atoms with van der Waals surface area (Å²) in [5.41, 5.74) is 2.27. The van der Waals surface area contributed by atoms with E-state index in [9.17, 15) is 4.79 Å². The second kappa shape index (κ2) is 9.35. The first-order valence-electron chi connectivity index (χ1n) is 11.4. The second-order valence-electron chi connectivity index (χ2n) is 8.41. The molecule has 33 heavy (non-hydrogen) atoms. The van der Waals surface area contributed by atoms with Crippen molar-refractivity contribution in [1.29, 1.82) is 0 Å². The van der Waals surface area contributed by atoms with Crippen molar-refractivity contribution < 1.29 is 4.79 Å². The molecule has 0 bridgehead atoms. The molecule has 2 aliphatic heterocycles. The molecule has 0 radical (unpaired) electrons. The van der Waals surface area contributed by atoms with Gasteiger partial charge in [-0.2, -0.15) is 9.97 Å². The number of benzene rings is 1. The van der Waals surface area contributed by atoms with E-state index in [0.29, 0.717) is 60.8 Å². The van der Waals surface area contributed by atoms with Crippen molar-refractivity contribution >= 4 is 46.3 Å². The van der Waals surface area contributed by atoms with Crippen molar-refractivity contribution in [3.05, 3.63) is 41.0 Å². The zero-order valence-electron chi connectivity index (χ0n) is 18.7. The van der Waals surface area contributed by atoms with Gasteiger partial charge in [0.05, 0.1) is 0 Å². The van der Waals surface area contributed by atoms with E-state index < -0.39 is 0 Å². The molecule has 10 heteroatoms. The van der Waals surface area contributed by atoms with Crippen molar-refractivity contribution in [2.45, 2.75) is 26.3 Å². The summed E-state index contributed by atoms with van der Waals surface area (Å²) in [6, 6.07) is 10.1. The van der Waals surface area contributed by atoms with Crippen molar-refractivity contribution in [2.75, 3.05) is 54.4 Å². The van der Waals surface area contributed by atoms with Crippen LogP contribution >= 0.6 is 11.6 Å². The van der Waals surface area contributed by atoms with Gasteiger partial charge in [0.15, 0.2) is 28.0 Å². The number of carbonyl (C=O) groups excluding carboxylic acids is 1. The SMILES string of the molecule is CC(=O)N1CCN(c2nc(N3CCCC3)c3nc(Cl)c(NCc4ccccc4)nc3n2)CC1.